The molecular weight excluding hydrogens is 258 g/mol. The second kappa shape index (κ2) is 4.04. The minimum absolute atomic E-state index is 0.0421. The van der Waals surface area contributed by atoms with Gasteiger partial charge in [-0.2, -0.15) is 4.68 Å². The third-order valence-corrected chi connectivity index (χ3v) is 4.52. The molecule has 3 nitrogen and oxygen atoms in total. The van der Waals surface area contributed by atoms with Crippen molar-refractivity contribution < 1.29 is 4.68 Å². The molecule has 0 saturated carbocycles. The molecule has 1 heterocycles. The van der Waals surface area contributed by atoms with Crippen LogP contribution in [0.15, 0.2) is 48.7 Å². The van der Waals surface area contributed by atoms with E-state index in [1.165, 1.54) is 22.3 Å². The van der Waals surface area contributed by atoms with Gasteiger partial charge in [0.1, 0.15) is 7.05 Å². The van der Waals surface area contributed by atoms with Crippen LogP contribution in [-0.2, 0) is 12.5 Å². The Hall–Kier alpha value is -2.42. The highest BCUT2D eigenvalue weighted by molar-refractivity contribution is 5.82. The number of aromatic nitrogens is 3. The Kier molecular flexibility index (Phi) is 2.37. The average molecular weight is 276 g/mol. The number of rotatable bonds is 1. The summed E-state index contributed by atoms with van der Waals surface area (Å²) in [6.07, 6.45) is 2.01. The summed E-state index contributed by atoms with van der Waals surface area (Å²) in [5, 5.41) is 7.29. The first kappa shape index (κ1) is 12.3. The van der Waals surface area contributed by atoms with E-state index in [1.54, 1.807) is 0 Å². The Morgan fingerprint density at radius 1 is 1.00 bits per heavy atom. The molecule has 3 heteroatoms. The molecule has 104 valence electrons. The van der Waals surface area contributed by atoms with Gasteiger partial charge in [0, 0.05) is 16.1 Å². The van der Waals surface area contributed by atoms with Crippen LogP contribution in [0.1, 0.15) is 25.0 Å². The fraction of sp³-hybridized carbons (Fsp3) is 0.222. The van der Waals surface area contributed by atoms with Crippen LogP contribution in [0.3, 0.4) is 0 Å². The first-order valence-corrected chi connectivity index (χ1v) is 7.23. The van der Waals surface area contributed by atoms with Gasteiger partial charge in [0.15, 0.2) is 6.20 Å². The van der Waals surface area contributed by atoms with Crippen LogP contribution in [0.25, 0.3) is 22.4 Å². The highest BCUT2D eigenvalue weighted by atomic mass is 15.4. The molecule has 21 heavy (non-hydrogen) atoms. The third-order valence-electron chi connectivity index (χ3n) is 4.52. The normalized spacial score (nSPS) is 14.8. The quantitative estimate of drug-likeness (QED) is 0.680. The highest BCUT2D eigenvalue weighted by Crippen LogP contribution is 2.49. The monoisotopic (exact) mass is 276 g/mol. The molecule has 1 N–H and O–H groups in total. The summed E-state index contributed by atoms with van der Waals surface area (Å²) in [6, 6.07) is 15.4. The molecule has 0 fully saturated rings. The van der Waals surface area contributed by atoms with Crippen LogP contribution in [0, 0.1) is 0 Å². The van der Waals surface area contributed by atoms with E-state index in [4.69, 9.17) is 0 Å². The molecule has 0 amide bonds. The lowest BCUT2D eigenvalue weighted by Gasteiger charge is -2.21. The van der Waals surface area contributed by atoms with E-state index in [-0.39, 0.29) is 5.41 Å². The average Bonchev–Trinajstić information content (AvgIpc) is 3.01. The molecule has 0 atom stereocenters. The molecule has 0 bridgehead atoms. The zero-order valence-electron chi connectivity index (χ0n) is 12.5. The summed E-state index contributed by atoms with van der Waals surface area (Å²) in [5.41, 5.74) is 7.67. The number of H-pyrrole nitrogens is 1. The Balaban J connectivity index is 1.93. The molecular formula is C18H18N3+. The summed E-state index contributed by atoms with van der Waals surface area (Å²) in [7, 11) is 1.95. The van der Waals surface area contributed by atoms with Gasteiger partial charge in [-0.1, -0.05) is 49.4 Å². The first-order valence-electron chi connectivity index (χ1n) is 7.23. The molecule has 3 aromatic rings. The van der Waals surface area contributed by atoms with E-state index < -0.39 is 0 Å². The largest absolute Gasteiger partial charge is 0.248 e. The van der Waals surface area contributed by atoms with Crippen molar-refractivity contribution in [2.45, 2.75) is 19.3 Å². The number of hydrogen-bond acceptors (Lipinski definition) is 1. The summed E-state index contributed by atoms with van der Waals surface area (Å²) >= 11 is 0. The number of aryl methyl sites for hydroxylation is 1. The van der Waals surface area contributed by atoms with Gasteiger partial charge in [0.25, 0.3) is 0 Å². The number of nitrogens with zero attached hydrogens (tertiary/aromatic N) is 2. The van der Waals surface area contributed by atoms with Crippen molar-refractivity contribution >= 4 is 0 Å². The van der Waals surface area contributed by atoms with Crippen LogP contribution in [0.5, 0.6) is 0 Å². The summed E-state index contributed by atoms with van der Waals surface area (Å²) in [4.78, 5) is 0. The van der Waals surface area contributed by atoms with Crippen molar-refractivity contribution in [3.05, 3.63) is 59.8 Å². The van der Waals surface area contributed by atoms with Gasteiger partial charge in [-0.05, 0) is 34.4 Å². The number of fused-ring (bicyclic) bond motifs is 3. The molecule has 1 aliphatic rings. The predicted octanol–water partition coefficient (Wildman–Crippen LogP) is 3.21. The second-order valence-electron chi connectivity index (χ2n) is 6.27. The zero-order chi connectivity index (χ0) is 14.6. The second-order valence-corrected chi connectivity index (χ2v) is 6.27. The van der Waals surface area contributed by atoms with E-state index in [0.717, 1.165) is 11.3 Å². The number of benzene rings is 2. The third kappa shape index (κ3) is 1.67. The van der Waals surface area contributed by atoms with E-state index in [1.807, 2.05) is 17.9 Å². The fourth-order valence-corrected chi connectivity index (χ4v) is 3.38. The SMILES string of the molecule is C[n+]1cc(-c2ccc3c(c2)C(C)(C)c2ccccc2-3)n[nH]1. The lowest BCUT2D eigenvalue weighted by molar-refractivity contribution is -0.730. The maximum Gasteiger partial charge on any atom is 0.248 e. The van der Waals surface area contributed by atoms with Crippen LogP contribution in [0.2, 0.25) is 0 Å². The smallest absolute Gasteiger partial charge is 0.165 e. The number of hydrogen-bond donors (Lipinski definition) is 1. The zero-order valence-corrected chi connectivity index (χ0v) is 12.5. The Morgan fingerprint density at radius 2 is 1.76 bits per heavy atom. The molecule has 0 saturated heterocycles. The van der Waals surface area contributed by atoms with Crippen LogP contribution in [0.4, 0.5) is 0 Å². The summed E-state index contributed by atoms with van der Waals surface area (Å²) in [5.74, 6) is 0. The molecule has 0 aliphatic heterocycles. The number of nitrogens with one attached hydrogen (secondary N) is 1. The maximum absolute atomic E-state index is 4.35. The van der Waals surface area contributed by atoms with Crippen LogP contribution in [-0.4, -0.2) is 10.3 Å². The molecule has 0 spiro atoms. The van der Waals surface area contributed by atoms with Crippen molar-refractivity contribution in [2.24, 2.45) is 7.05 Å². The van der Waals surface area contributed by atoms with Gasteiger partial charge in [0.05, 0.1) is 0 Å². The maximum atomic E-state index is 4.35. The summed E-state index contributed by atoms with van der Waals surface area (Å²) in [6.45, 7) is 4.60. The highest BCUT2D eigenvalue weighted by Gasteiger charge is 2.35. The first-order chi connectivity index (χ1) is 10.1. The van der Waals surface area contributed by atoms with Crippen molar-refractivity contribution in [3.8, 4) is 22.4 Å². The molecule has 4 rings (SSSR count). The number of aromatic amines is 1. The lowest BCUT2D eigenvalue weighted by Crippen LogP contribution is -2.28. The molecule has 2 aromatic carbocycles. The van der Waals surface area contributed by atoms with Crippen LogP contribution < -0.4 is 4.68 Å². The Bertz CT molecular complexity index is 843. The lowest BCUT2D eigenvalue weighted by atomic mass is 9.82. The van der Waals surface area contributed by atoms with Gasteiger partial charge in [-0.15, -0.1) is 0 Å². The van der Waals surface area contributed by atoms with E-state index in [9.17, 15) is 0 Å². The van der Waals surface area contributed by atoms with Gasteiger partial charge in [0.2, 0.25) is 5.69 Å². The Labute approximate surface area is 124 Å². The van der Waals surface area contributed by atoms with Gasteiger partial charge in [-0.25, -0.2) is 0 Å². The van der Waals surface area contributed by atoms with Crippen molar-refractivity contribution in [1.29, 1.82) is 0 Å². The molecule has 1 aliphatic carbocycles. The molecule has 0 unspecified atom stereocenters. The van der Waals surface area contributed by atoms with Gasteiger partial charge < -0.3 is 0 Å². The van der Waals surface area contributed by atoms with E-state index in [0.29, 0.717) is 0 Å². The van der Waals surface area contributed by atoms with Crippen molar-refractivity contribution in [3.63, 3.8) is 0 Å². The van der Waals surface area contributed by atoms with Crippen LogP contribution >= 0.6 is 0 Å². The van der Waals surface area contributed by atoms with Crippen molar-refractivity contribution in [2.75, 3.05) is 0 Å². The standard InChI is InChI=1S/C18H17N3/c1-18(2)15-7-5-4-6-13(15)14-9-8-12(10-16(14)18)17-11-21(3)20-19-17/h4-11H,1-3H3/p+1. The molecule has 1 aromatic heterocycles. The van der Waals surface area contributed by atoms with Crippen molar-refractivity contribution in [1.82, 2.24) is 10.3 Å². The minimum atomic E-state index is 0.0421. The van der Waals surface area contributed by atoms with E-state index >= 15 is 0 Å². The predicted molar refractivity (Wildman–Crippen MR) is 82.8 cm³/mol. The van der Waals surface area contributed by atoms with E-state index in [2.05, 4.69) is 66.6 Å². The molecule has 0 radical (unpaired) electrons. The topological polar surface area (TPSA) is 32.6 Å². The Morgan fingerprint density at radius 3 is 2.52 bits per heavy atom. The summed E-state index contributed by atoms with van der Waals surface area (Å²) < 4.78 is 1.86. The van der Waals surface area contributed by atoms with Gasteiger partial charge >= 0.3 is 0 Å². The fourth-order valence-electron chi connectivity index (χ4n) is 3.38. The minimum Gasteiger partial charge on any atom is -0.165 e. The van der Waals surface area contributed by atoms with Gasteiger partial charge in [-0.3, -0.25) is 0 Å².